The van der Waals surface area contributed by atoms with E-state index in [9.17, 15) is 0 Å². The van der Waals surface area contributed by atoms with Gasteiger partial charge in [-0.2, -0.15) is 16.7 Å². The summed E-state index contributed by atoms with van der Waals surface area (Å²) in [5.74, 6) is 4.12. The molecule has 1 aromatic heterocycles. The third-order valence-electron chi connectivity index (χ3n) is 3.29. The molecular weight excluding hydrogens is 278 g/mol. The lowest BCUT2D eigenvalue weighted by atomic mass is 10.2. The van der Waals surface area contributed by atoms with Crippen LogP contribution in [0.5, 0.6) is 0 Å². The minimum atomic E-state index is 0.408. The van der Waals surface area contributed by atoms with Crippen LogP contribution in [0.2, 0.25) is 0 Å². The maximum Gasteiger partial charge on any atom is 0.226 e. The van der Waals surface area contributed by atoms with Crippen molar-refractivity contribution < 1.29 is 4.52 Å². The molecule has 0 radical (unpaired) electrons. The van der Waals surface area contributed by atoms with E-state index in [1.54, 1.807) is 0 Å². The molecule has 2 atom stereocenters. The van der Waals surface area contributed by atoms with Gasteiger partial charge in [-0.3, -0.25) is 0 Å². The second-order valence-corrected chi connectivity index (χ2v) is 7.35. The van der Waals surface area contributed by atoms with Gasteiger partial charge in [0.25, 0.3) is 0 Å². The number of aromatic nitrogens is 2. The molecule has 2 heterocycles. The summed E-state index contributed by atoms with van der Waals surface area (Å²) < 4.78 is 5.38. The Morgan fingerprint density at radius 1 is 1.26 bits per heavy atom. The zero-order chi connectivity index (χ0) is 13.5. The van der Waals surface area contributed by atoms with Crippen LogP contribution in [0, 0.1) is 0 Å². The van der Waals surface area contributed by atoms with Crippen LogP contribution in [-0.2, 0) is 6.42 Å². The highest BCUT2D eigenvalue weighted by Gasteiger charge is 2.30. The van der Waals surface area contributed by atoms with Gasteiger partial charge in [-0.1, -0.05) is 18.5 Å². The van der Waals surface area contributed by atoms with Crippen LogP contribution in [0.4, 0.5) is 0 Å². The molecule has 1 aromatic rings. The van der Waals surface area contributed by atoms with Crippen LogP contribution >= 0.6 is 23.5 Å². The van der Waals surface area contributed by atoms with Gasteiger partial charge in [0.2, 0.25) is 5.89 Å². The number of thioether (sulfide) groups is 2. The summed E-state index contributed by atoms with van der Waals surface area (Å²) in [5.41, 5.74) is 5.48. The Morgan fingerprint density at radius 3 is 2.89 bits per heavy atom. The largest absolute Gasteiger partial charge is 0.339 e. The van der Waals surface area contributed by atoms with E-state index in [1.807, 2.05) is 23.5 Å². The van der Waals surface area contributed by atoms with E-state index in [2.05, 4.69) is 17.1 Å². The minimum absolute atomic E-state index is 0.408. The lowest BCUT2D eigenvalue weighted by Gasteiger charge is -2.27. The average molecular weight is 301 g/mol. The van der Waals surface area contributed by atoms with Crippen molar-refractivity contribution in [1.82, 2.24) is 10.1 Å². The molecule has 2 unspecified atom stereocenters. The molecule has 2 N–H and O–H groups in total. The molecule has 0 saturated carbocycles. The standard InChI is InChI=1S/C13H23N3OS2/c1-2-10-12(19-9-8-18-10)13-15-11(17-16-13)6-4-3-5-7-14/h10,12H,2-9,14H2,1H3. The quantitative estimate of drug-likeness (QED) is 0.781. The van der Waals surface area contributed by atoms with Crippen LogP contribution in [0.25, 0.3) is 0 Å². The van der Waals surface area contributed by atoms with Gasteiger partial charge in [-0.05, 0) is 25.8 Å². The SMILES string of the molecule is CCC1SCCSC1c1noc(CCCCCN)n1. The third-order valence-corrected chi connectivity index (χ3v) is 6.53. The summed E-state index contributed by atoms with van der Waals surface area (Å²) in [7, 11) is 0. The highest BCUT2D eigenvalue weighted by Crippen LogP contribution is 2.42. The Kier molecular flexibility index (Phi) is 6.53. The fourth-order valence-corrected chi connectivity index (χ4v) is 5.21. The molecule has 19 heavy (non-hydrogen) atoms. The van der Waals surface area contributed by atoms with Gasteiger partial charge in [0, 0.05) is 23.2 Å². The highest BCUT2D eigenvalue weighted by molar-refractivity contribution is 8.06. The fourth-order valence-electron chi connectivity index (χ4n) is 2.22. The molecule has 1 aliphatic heterocycles. The van der Waals surface area contributed by atoms with Gasteiger partial charge < -0.3 is 10.3 Å². The predicted octanol–water partition coefficient (Wildman–Crippen LogP) is 3.04. The van der Waals surface area contributed by atoms with Crippen molar-refractivity contribution in [3.8, 4) is 0 Å². The Hall–Kier alpha value is -0.200. The first-order valence-corrected chi connectivity index (χ1v) is 9.20. The first kappa shape index (κ1) is 15.2. The number of nitrogens with two attached hydrogens (primary N) is 1. The average Bonchev–Trinajstić information content (AvgIpc) is 2.92. The zero-order valence-electron chi connectivity index (χ0n) is 11.5. The molecule has 6 heteroatoms. The normalized spacial score (nSPS) is 23.7. The van der Waals surface area contributed by atoms with E-state index in [1.165, 1.54) is 17.9 Å². The fraction of sp³-hybridized carbons (Fsp3) is 0.846. The summed E-state index contributed by atoms with van der Waals surface area (Å²) in [5, 5.41) is 5.23. The van der Waals surface area contributed by atoms with Gasteiger partial charge in [0.05, 0.1) is 5.25 Å². The van der Waals surface area contributed by atoms with Crippen molar-refractivity contribution in [2.75, 3.05) is 18.1 Å². The van der Waals surface area contributed by atoms with Gasteiger partial charge >= 0.3 is 0 Å². The lowest BCUT2D eigenvalue weighted by Crippen LogP contribution is -2.19. The molecule has 0 spiro atoms. The molecule has 2 rings (SSSR count). The van der Waals surface area contributed by atoms with E-state index in [-0.39, 0.29) is 0 Å². The molecule has 1 saturated heterocycles. The third kappa shape index (κ3) is 4.39. The molecule has 0 bridgehead atoms. The number of hydrogen-bond acceptors (Lipinski definition) is 6. The topological polar surface area (TPSA) is 64.9 Å². The van der Waals surface area contributed by atoms with E-state index < -0.39 is 0 Å². The second kappa shape index (κ2) is 8.17. The highest BCUT2D eigenvalue weighted by atomic mass is 32.2. The van der Waals surface area contributed by atoms with Crippen molar-refractivity contribution in [2.24, 2.45) is 5.73 Å². The molecule has 1 aliphatic rings. The van der Waals surface area contributed by atoms with Gasteiger partial charge in [0.15, 0.2) is 5.82 Å². The molecule has 0 aliphatic carbocycles. The first-order chi connectivity index (χ1) is 9.35. The monoisotopic (exact) mass is 301 g/mol. The summed E-state index contributed by atoms with van der Waals surface area (Å²) in [6.07, 6.45) is 5.35. The summed E-state index contributed by atoms with van der Waals surface area (Å²) in [6.45, 7) is 3.01. The van der Waals surface area contributed by atoms with E-state index >= 15 is 0 Å². The molecular formula is C13H23N3OS2. The van der Waals surface area contributed by atoms with Crippen LogP contribution in [0.15, 0.2) is 4.52 Å². The number of unbranched alkanes of at least 4 members (excludes halogenated alkanes) is 2. The van der Waals surface area contributed by atoms with Crippen LogP contribution in [0.3, 0.4) is 0 Å². The second-order valence-electron chi connectivity index (χ2n) is 4.75. The van der Waals surface area contributed by atoms with Crippen molar-refractivity contribution in [1.29, 1.82) is 0 Å². The minimum Gasteiger partial charge on any atom is -0.339 e. The maximum atomic E-state index is 5.48. The van der Waals surface area contributed by atoms with E-state index in [0.717, 1.165) is 43.9 Å². The molecule has 0 aromatic carbocycles. The van der Waals surface area contributed by atoms with Crippen molar-refractivity contribution in [3.05, 3.63) is 11.7 Å². The zero-order valence-corrected chi connectivity index (χ0v) is 13.1. The molecule has 0 amide bonds. The van der Waals surface area contributed by atoms with Gasteiger partial charge in [-0.25, -0.2) is 0 Å². The number of hydrogen-bond donors (Lipinski definition) is 1. The summed E-state index contributed by atoms with van der Waals surface area (Å²) >= 11 is 4.02. The Bertz CT molecular complexity index is 373. The summed E-state index contributed by atoms with van der Waals surface area (Å²) in [4.78, 5) is 4.59. The van der Waals surface area contributed by atoms with Crippen molar-refractivity contribution >= 4 is 23.5 Å². The smallest absolute Gasteiger partial charge is 0.226 e. The predicted molar refractivity (Wildman–Crippen MR) is 82.6 cm³/mol. The summed E-state index contributed by atoms with van der Waals surface area (Å²) in [6, 6.07) is 0. The van der Waals surface area contributed by atoms with Gasteiger partial charge in [-0.15, -0.1) is 11.8 Å². The lowest BCUT2D eigenvalue weighted by molar-refractivity contribution is 0.368. The Labute approximate surface area is 123 Å². The number of nitrogens with zero attached hydrogens (tertiary/aromatic N) is 2. The maximum absolute atomic E-state index is 5.48. The van der Waals surface area contributed by atoms with Crippen LogP contribution < -0.4 is 5.73 Å². The van der Waals surface area contributed by atoms with Crippen molar-refractivity contribution in [2.45, 2.75) is 49.5 Å². The van der Waals surface area contributed by atoms with Gasteiger partial charge in [0.1, 0.15) is 0 Å². The van der Waals surface area contributed by atoms with E-state index in [4.69, 9.17) is 10.3 Å². The molecule has 108 valence electrons. The molecule has 1 fully saturated rings. The van der Waals surface area contributed by atoms with Crippen LogP contribution in [-0.4, -0.2) is 33.4 Å². The Balaban J connectivity index is 1.88. The Morgan fingerprint density at radius 2 is 2.11 bits per heavy atom. The number of rotatable bonds is 7. The number of aryl methyl sites for hydroxylation is 1. The van der Waals surface area contributed by atoms with Crippen molar-refractivity contribution in [3.63, 3.8) is 0 Å². The van der Waals surface area contributed by atoms with E-state index in [0.29, 0.717) is 10.5 Å². The first-order valence-electron chi connectivity index (χ1n) is 7.11. The van der Waals surface area contributed by atoms with Crippen LogP contribution in [0.1, 0.15) is 49.6 Å². The molecule has 4 nitrogen and oxygen atoms in total.